The van der Waals surface area contributed by atoms with Gasteiger partial charge in [-0.1, -0.05) is 30.0 Å². The van der Waals surface area contributed by atoms with Crippen molar-refractivity contribution in [2.24, 2.45) is 0 Å². The van der Waals surface area contributed by atoms with Crippen LogP contribution in [0, 0.1) is 17.7 Å². The van der Waals surface area contributed by atoms with Crippen molar-refractivity contribution in [1.29, 1.82) is 0 Å². The minimum absolute atomic E-state index is 0.136. The van der Waals surface area contributed by atoms with Crippen molar-refractivity contribution in [1.82, 2.24) is 0 Å². The summed E-state index contributed by atoms with van der Waals surface area (Å²) in [6.45, 7) is 1.51. The first-order chi connectivity index (χ1) is 10.3. The minimum Gasteiger partial charge on any atom is -0.384 e. The zero-order valence-corrected chi connectivity index (χ0v) is 11.6. The highest BCUT2D eigenvalue weighted by Crippen LogP contribution is 2.30. The fourth-order valence-electron chi connectivity index (χ4n) is 2.69. The third-order valence-electron chi connectivity index (χ3n) is 3.65. The second-order valence-corrected chi connectivity index (χ2v) is 5.10. The normalized spacial score (nSPS) is 12.8. The summed E-state index contributed by atoms with van der Waals surface area (Å²) in [5.41, 5.74) is 4.21. The maximum absolute atomic E-state index is 13.4. The maximum atomic E-state index is 13.4. The molecule has 1 N–H and O–H groups in total. The first-order valence-electron chi connectivity index (χ1n) is 6.98. The average Bonchev–Trinajstić information content (AvgIpc) is 2.88. The molecule has 0 spiro atoms. The first kappa shape index (κ1) is 13.7. The van der Waals surface area contributed by atoms with E-state index in [1.54, 1.807) is 6.07 Å². The van der Waals surface area contributed by atoms with Crippen molar-refractivity contribution >= 4 is 5.69 Å². The van der Waals surface area contributed by atoms with Crippen LogP contribution in [0.25, 0.3) is 0 Å². The average molecular weight is 281 g/mol. The molecule has 0 unspecified atom stereocenters. The van der Waals surface area contributed by atoms with Crippen molar-refractivity contribution < 1.29 is 9.50 Å². The Morgan fingerprint density at radius 3 is 2.95 bits per heavy atom. The van der Waals surface area contributed by atoms with Gasteiger partial charge < -0.3 is 10.0 Å². The van der Waals surface area contributed by atoms with Gasteiger partial charge >= 0.3 is 0 Å². The number of fused-ring (bicyclic) bond motifs is 1. The van der Waals surface area contributed by atoms with Crippen LogP contribution in [0.3, 0.4) is 0 Å². The molecule has 0 radical (unpaired) electrons. The Morgan fingerprint density at radius 1 is 1.19 bits per heavy atom. The number of hydrogen-bond donors (Lipinski definition) is 1. The second-order valence-electron chi connectivity index (χ2n) is 5.10. The summed E-state index contributed by atoms with van der Waals surface area (Å²) in [7, 11) is 0. The van der Waals surface area contributed by atoms with Gasteiger partial charge in [-0.05, 0) is 41.8 Å². The molecule has 3 heteroatoms. The van der Waals surface area contributed by atoms with Crippen LogP contribution in [0.4, 0.5) is 10.1 Å². The lowest BCUT2D eigenvalue weighted by Gasteiger charge is -2.19. The van der Waals surface area contributed by atoms with E-state index in [4.69, 9.17) is 5.11 Å². The molecule has 0 bridgehead atoms. The Bertz CT molecular complexity index is 715. The Labute approximate surface area is 123 Å². The van der Waals surface area contributed by atoms with E-state index >= 15 is 0 Å². The predicted octanol–water partition coefficient (Wildman–Crippen LogP) is 2.73. The third-order valence-corrected chi connectivity index (χ3v) is 3.65. The molecular formula is C18H16FNO. The monoisotopic (exact) mass is 281 g/mol. The zero-order valence-electron chi connectivity index (χ0n) is 11.6. The molecule has 1 aliphatic heterocycles. The van der Waals surface area contributed by atoms with Crippen LogP contribution in [-0.4, -0.2) is 18.3 Å². The third kappa shape index (κ3) is 3.07. The molecular weight excluding hydrogens is 265 g/mol. The molecule has 1 heterocycles. The lowest BCUT2D eigenvalue weighted by molar-refractivity contribution is 0.350. The summed E-state index contributed by atoms with van der Waals surface area (Å²) in [5.74, 6) is 5.37. The van der Waals surface area contributed by atoms with E-state index in [1.807, 2.05) is 30.3 Å². The van der Waals surface area contributed by atoms with Crippen LogP contribution < -0.4 is 4.90 Å². The summed E-state index contributed by atoms with van der Waals surface area (Å²) in [6, 6.07) is 12.9. The number of halogens is 1. The molecule has 2 aromatic carbocycles. The van der Waals surface area contributed by atoms with Crippen LogP contribution in [-0.2, 0) is 13.0 Å². The molecule has 0 saturated heterocycles. The quantitative estimate of drug-likeness (QED) is 0.856. The molecule has 1 aliphatic rings. The molecule has 0 saturated carbocycles. The fraction of sp³-hybridized carbons (Fsp3) is 0.222. The smallest absolute Gasteiger partial charge is 0.125 e. The van der Waals surface area contributed by atoms with Crippen LogP contribution in [0.1, 0.15) is 16.7 Å². The number of hydrogen-bond acceptors (Lipinski definition) is 2. The zero-order chi connectivity index (χ0) is 14.7. The number of aliphatic hydroxyl groups is 1. The maximum Gasteiger partial charge on any atom is 0.125 e. The minimum atomic E-state index is -0.191. The van der Waals surface area contributed by atoms with Gasteiger partial charge in [0.05, 0.1) is 0 Å². The molecule has 0 aliphatic carbocycles. The van der Waals surface area contributed by atoms with Crippen molar-refractivity contribution in [2.75, 3.05) is 18.1 Å². The summed E-state index contributed by atoms with van der Waals surface area (Å²) in [4.78, 5) is 2.19. The Balaban J connectivity index is 1.81. The predicted molar refractivity (Wildman–Crippen MR) is 81.6 cm³/mol. The van der Waals surface area contributed by atoms with E-state index < -0.39 is 0 Å². The van der Waals surface area contributed by atoms with E-state index in [0.29, 0.717) is 0 Å². The topological polar surface area (TPSA) is 23.5 Å². The Kier molecular flexibility index (Phi) is 3.89. The van der Waals surface area contributed by atoms with E-state index in [9.17, 15) is 4.39 Å². The number of anilines is 1. The number of nitrogens with zero attached hydrogens (tertiary/aromatic N) is 1. The molecule has 2 aromatic rings. The van der Waals surface area contributed by atoms with E-state index in [0.717, 1.165) is 36.3 Å². The highest BCUT2D eigenvalue weighted by Gasteiger charge is 2.19. The van der Waals surface area contributed by atoms with E-state index in [-0.39, 0.29) is 12.4 Å². The Hall–Kier alpha value is -2.31. The van der Waals surface area contributed by atoms with Gasteiger partial charge in [-0.15, -0.1) is 0 Å². The SMILES string of the molecule is OCC#Cc1cccc(CN2CCc3ccc(F)cc32)c1. The van der Waals surface area contributed by atoms with Gasteiger partial charge in [0.1, 0.15) is 12.4 Å². The largest absolute Gasteiger partial charge is 0.384 e. The van der Waals surface area contributed by atoms with Gasteiger partial charge in [0.25, 0.3) is 0 Å². The molecule has 106 valence electrons. The highest BCUT2D eigenvalue weighted by molar-refractivity contribution is 5.58. The molecule has 0 fully saturated rings. The molecule has 21 heavy (non-hydrogen) atoms. The molecule has 0 atom stereocenters. The van der Waals surface area contributed by atoms with Crippen LogP contribution in [0.5, 0.6) is 0 Å². The van der Waals surface area contributed by atoms with Gasteiger partial charge in [0.15, 0.2) is 0 Å². The van der Waals surface area contributed by atoms with E-state index in [1.165, 1.54) is 11.6 Å². The van der Waals surface area contributed by atoms with Crippen molar-refractivity contribution in [2.45, 2.75) is 13.0 Å². The van der Waals surface area contributed by atoms with Crippen molar-refractivity contribution in [3.63, 3.8) is 0 Å². The summed E-state index contributed by atoms with van der Waals surface area (Å²) in [6.07, 6.45) is 0.958. The van der Waals surface area contributed by atoms with Gasteiger partial charge in [0.2, 0.25) is 0 Å². The van der Waals surface area contributed by atoms with Gasteiger partial charge in [0, 0.05) is 24.3 Å². The highest BCUT2D eigenvalue weighted by atomic mass is 19.1. The lowest BCUT2D eigenvalue weighted by Crippen LogP contribution is -2.19. The second kappa shape index (κ2) is 5.99. The lowest BCUT2D eigenvalue weighted by atomic mass is 10.1. The summed E-state index contributed by atoms with van der Waals surface area (Å²) in [5, 5.41) is 8.74. The van der Waals surface area contributed by atoms with Crippen LogP contribution >= 0.6 is 0 Å². The number of aliphatic hydroxyl groups excluding tert-OH is 1. The molecule has 0 amide bonds. The Morgan fingerprint density at radius 2 is 2.10 bits per heavy atom. The van der Waals surface area contributed by atoms with Crippen molar-refractivity contribution in [3.8, 4) is 11.8 Å². The van der Waals surface area contributed by atoms with E-state index in [2.05, 4.69) is 16.7 Å². The molecule has 3 rings (SSSR count). The van der Waals surface area contributed by atoms with Crippen molar-refractivity contribution in [3.05, 3.63) is 65.0 Å². The standard InChI is InChI=1S/C18H16FNO/c19-17-7-6-16-8-9-20(18(16)12-17)13-15-4-1-3-14(11-15)5-2-10-21/h1,3-4,6-7,11-12,21H,8-10,13H2. The van der Waals surface area contributed by atoms with Gasteiger partial charge in [-0.25, -0.2) is 4.39 Å². The number of benzene rings is 2. The first-order valence-corrected chi connectivity index (χ1v) is 6.98. The summed E-state index contributed by atoms with van der Waals surface area (Å²) >= 11 is 0. The number of rotatable bonds is 2. The van der Waals surface area contributed by atoms with Gasteiger partial charge in [-0.2, -0.15) is 0 Å². The molecule has 2 nitrogen and oxygen atoms in total. The van der Waals surface area contributed by atoms with Crippen LogP contribution in [0.15, 0.2) is 42.5 Å². The fourth-order valence-corrected chi connectivity index (χ4v) is 2.69. The van der Waals surface area contributed by atoms with Gasteiger partial charge in [-0.3, -0.25) is 0 Å². The summed E-state index contributed by atoms with van der Waals surface area (Å²) < 4.78 is 13.4. The molecule has 0 aromatic heterocycles. The van der Waals surface area contributed by atoms with Crippen LogP contribution in [0.2, 0.25) is 0 Å².